The highest BCUT2D eigenvalue weighted by atomic mass is 79.9. The van der Waals surface area contributed by atoms with Gasteiger partial charge in [0.15, 0.2) is 0 Å². The molecule has 1 atom stereocenters. The molecule has 4 heteroatoms. The van der Waals surface area contributed by atoms with Crippen LogP contribution in [0, 0.1) is 5.41 Å². The fourth-order valence-electron chi connectivity index (χ4n) is 1.22. The van der Waals surface area contributed by atoms with Crippen molar-refractivity contribution >= 4 is 27.5 Å². The Balaban J connectivity index is 2.88. The number of nitrogens with one attached hydrogen (secondary N) is 1. The molecule has 0 aliphatic heterocycles. The van der Waals surface area contributed by atoms with Gasteiger partial charge in [-0.05, 0) is 40.4 Å². The van der Waals surface area contributed by atoms with Crippen LogP contribution in [0.5, 0.6) is 0 Å². The molecule has 1 amide bonds. The van der Waals surface area contributed by atoms with E-state index in [1.807, 2.05) is 6.92 Å². The lowest BCUT2D eigenvalue weighted by molar-refractivity contribution is 0.0909. The van der Waals surface area contributed by atoms with E-state index in [1.165, 1.54) is 0 Å². The largest absolute Gasteiger partial charge is 0.398 e. The van der Waals surface area contributed by atoms with Crippen molar-refractivity contribution in [3.63, 3.8) is 0 Å². The number of nitrogens with two attached hydrogens (primary N) is 1. The number of carbonyl (C=O) groups is 1. The SMILES string of the molecule is CC(NC(=O)c1cccc(N)c1Br)C(C)(C)C. The normalized spacial score (nSPS) is 13.2. The zero-order valence-electron chi connectivity index (χ0n) is 10.7. The summed E-state index contributed by atoms with van der Waals surface area (Å²) in [5, 5.41) is 2.98. The van der Waals surface area contributed by atoms with Crippen LogP contribution >= 0.6 is 15.9 Å². The number of hydrogen-bond acceptors (Lipinski definition) is 2. The third-order valence-electron chi connectivity index (χ3n) is 2.92. The van der Waals surface area contributed by atoms with E-state index in [0.717, 1.165) is 0 Å². The molecule has 0 aliphatic carbocycles. The number of hydrogen-bond donors (Lipinski definition) is 2. The molecule has 0 bridgehead atoms. The third-order valence-corrected chi connectivity index (χ3v) is 3.80. The molecular weight excluding hydrogens is 280 g/mol. The highest BCUT2D eigenvalue weighted by molar-refractivity contribution is 9.10. The molecule has 0 spiro atoms. The van der Waals surface area contributed by atoms with Gasteiger partial charge in [-0.25, -0.2) is 0 Å². The van der Waals surface area contributed by atoms with Gasteiger partial charge in [0.2, 0.25) is 0 Å². The molecule has 0 saturated carbocycles. The highest BCUT2D eigenvalue weighted by Gasteiger charge is 2.23. The molecule has 0 heterocycles. The summed E-state index contributed by atoms with van der Waals surface area (Å²) in [6.07, 6.45) is 0. The standard InChI is InChI=1S/C13H19BrN2O/c1-8(13(2,3)4)16-12(17)9-6-5-7-10(15)11(9)14/h5-8H,15H2,1-4H3,(H,16,17). The van der Waals surface area contributed by atoms with Crippen molar-refractivity contribution in [2.24, 2.45) is 5.41 Å². The van der Waals surface area contributed by atoms with Crippen molar-refractivity contribution in [3.8, 4) is 0 Å². The first-order chi connectivity index (χ1) is 7.73. The first kappa shape index (κ1) is 14.0. The average molecular weight is 299 g/mol. The van der Waals surface area contributed by atoms with E-state index < -0.39 is 0 Å². The molecule has 1 aromatic rings. The van der Waals surface area contributed by atoms with E-state index in [2.05, 4.69) is 42.0 Å². The summed E-state index contributed by atoms with van der Waals surface area (Å²) >= 11 is 3.34. The monoisotopic (exact) mass is 298 g/mol. The van der Waals surface area contributed by atoms with Crippen LogP contribution in [-0.2, 0) is 0 Å². The van der Waals surface area contributed by atoms with Crippen LogP contribution in [0.4, 0.5) is 5.69 Å². The second-order valence-electron chi connectivity index (χ2n) is 5.27. The van der Waals surface area contributed by atoms with Gasteiger partial charge in [-0.1, -0.05) is 26.8 Å². The molecule has 3 nitrogen and oxygen atoms in total. The molecule has 17 heavy (non-hydrogen) atoms. The highest BCUT2D eigenvalue weighted by Crippen LogP contribution is 2.25. The third kappa shape index (κ3) is 3.46. The first-order valence-electron chi connectivity index (χ1n) is 5.58. The Hall–Kier alpha value is -1.03. The van der Waals surface area contributed by atoms with Gasteiger partial charge in [0.1, 0.15) is 0 Å². The van der Waals surface area contributed by atoms with E-state index in [1.54, 1.807) is 18.2 Å². The molecule has 1 unspecified atom stereocenters. The topological polar surface area (TPSA) is 55.1 Å². The number of nitrogen functional groups attached to an aromatic ring is 1. The maximum absolute atomic E-state index is 12.1. The summed E-state index contributed by atoms with van der Waals surface area (Å²) in [5.41, 5.74) is 6.92. The maximum atomic E-state index is 12.1. The Morgan fingerprint density at radius 1 is 1.41 bits per heavy atom. The van der Waals surface area contributed by atoms with E-state index >= 15 is 0 Å². The van der Waals surface area contributed by atoms with Crippen molar-refractivity contribution in [2.45, 2.75) is 33.7 Å². The molecule has 3 N–H and O–H groups in total. The van der Waals surface area contributed by atoms with Crippen LogP contribution in [0.15, 0.2) is 22.7 Å². The van der Waals surface area contributed by atoms with Crippen molar-refractivity contribution in [1.29, 1.82) is 0 Å². The van der Waals surface area contributed by atoms with Gasteiger partial charge in [-0.15, -0.1) is 0 Å². The van der Waals surface area contributed by atoms with Crippen LogP contribution < -0.4 is 11.1 Å². The molecule has 94 valence electrons. The Bertz CT molecular complexity index is 424. The van der Waals surface area contributed by atoms with Gasteiger partial charge < -0.3 is 11.1 Å². The smallest absolute Gasteiger partial charge is 0.252 e. The average Bonchev–Trinajstić information content (AvgIpc) is 2.20. The molecule has 0 fully saturated rings. The van der Waals surface area contributed by atoms with E-state index in [4.69, 9.17) is 5.73 Å². The number of carbonyl (C=O) groups excluding carboxylic acids is 1. The van der Waals surface area contributed by atoms with Gasteiger partial charge in [0, 0.05) is 11.7 Å². The second-order valence-corrected chi connectivity index (χ2v) is 6.06. The van der Waals surface area contributed by atoms with E-state index in [0.29, 0.717) is 15.7 Å². The fourth-order valence-corrected chi connectivity index (χ4v) is 1.66. The molecule has 0 aromatic heterocycles. The zero-order chi connectivity index (χ0) is 13.2. The minimum atomic E-state index is -0.105. The van der Waals surface area contributed by atoms with E-state index in [9.17, 15) is 4.79 Å². The molecule has 1 aromatic carbocycles. The van der Waals surface area contributed by atoms with Crippen LogP contribution in [0.25, 0.3) is 0 Å². The predicted molar refractivity (Wildman–Crippen MR) is 74.9 cm³/mol. The molecule has 0 saturated heterocycles. The Morgan fingerprint density at radius 2 is 2.00 bits per heavy atom. The van der Waals surface area contributed by atoms with E-state index in [-0.39, 0.29) is 17.4 Å². The minimum Gasteiger partial charge on any atom is -0.398 e. The van der Waals surface area contributed by atoms with Crippen molar-refractivity contribution in [3.05, 3.63) is 28.2 Å². The lowest BCUT2D eigenvalue weighted by Gasteiger charge is -2.28. The summed E-state index contributed by atoms with van der Waals surface area (Å²) in [6, 6.07) is 5.37. The predicted octanol–water partition coefficient (Wildman–Crippen LogP) is 3.20. The van der Waals surface area contributed by atoms with Crippen molar-refractivity contribution in [1.82, 2.24) is 5.32 Å². The van der Waals surface area contributed by atoms with Gasteiger partial charge in [0.05, 0.1) is 10.0 Å². The zero-order valence-corrected chi connectivity index (χ0v) is 12.3. The number of anilines is 1. The fraction of sp³-hybridized carbons (Fsp3) is 0.462. The molecular formula is C13H19BrN2O. The van der Waals surface area contributed by atoms with Crippen LogP contribution in [0.2, 0.25) is 0 Å². The van der Waals surface area contributed by atoms with Gasteiger partial charge in [-0.3, -0.25) is 4.79 Å². The summed E-state index contributed by atoms with van der Waals surface area (Å²) in [5.74, 6) is -0.105. The van der Waals surface area contributed by atoms with Crippen LogP contribution in [-0.4, -0.2) is 11.9 Å². The first-order valence-corrected chi connectivity index (χ1v) is 6.37. The number of amides is 1. The maximum Gasteiger partial charge on any atom is 0.252 e. The Labute approximate surface area is 111 Å². The van der Waals surface area contributed by atoms with Gasteiger partial charge in [-0.2, -0.15) is 0 Å². The van der Waals surface area contributed by atoms with Gasteiger partial charge in [0.25, 0.3) is 5.91 Å². The number of rotatable bonds is 2. The summed E-state index contributed by atoms with van der Waals surface area (Å²) in [6.45, 7) is 8.27. The molecule has 1 rings (SSSR count). The molecule has 0 radical (unpaired) electrons. The summed E-state index contributed by atoms with van der Waals surface area (Å²) in [7, 11) is 0. The summed E-state index contributed by atoms with van der Waals surface area (Å²) in [4.78, 5) is 12.1. The Morgan fingerprint density at radius 3 is 2.53 bits per heavy atom. The van der Waals surface area contributed by atoms with Crippen LogP contribution in [0.3, 0.4) is 0 Å². The summed E-state index contributed by atoms with van der Waals surface area (Å²) < 4.78 is 0.651. The van der Waals surface area contributed by atoms with Gasteiger partial charge >= 0.3 is 0 Å². The Kier molecular flexibility index (Phi) is 4.20. The molecule has 0 aliphatic rings. The number of benzene rings is 1. The lowest BCUT2D eigenvalue weighted by Crippen LogP contribution is -2.41. The van der Waals surface area contributed by atoms with Crippen molar-refractivity contribution < 1.29 is 4.79 Å². The quantitative estimate of drug-likeness (QED) is 0.824. The number of halogens is 1. The second kappa shape index (κ2) is 5.08. The van der Waals surface area contributed by atoms with Crippen LogP contribution in [0.1, 0.15) is 38.1 Å². The minimum absolute atomic E-state index is 0.0302. The lowest BCUT2D eigenvalue weighted by atomic mass is 9.88. The van der Waals surface area contributed by atoms with Crippen molar-refractivity contribution in [2.75, 3.05) is 5.73 Å².